The summed E-state index contributed by atoms with van der Waals surface area (Å²) >= 11 is 1.88. The molecular formula is C70H45NOS. The van der Waals surface area contributed by atoms with Crippen LogP contribution in [-0.4, -0.2) is 0 Å². The molecular weight excluding hydrogens is 903 g/mol. The van der Waals surface area contributed by atoms with Gasteiger partial charge in [0.15, 0.2) is 0 Å². The highest BCUT2D eigenvalue weighted by atomic mass is 32.1. The van der Waals surface area contributed by atoms with E-state index in [4.69, 9.17) is 4.42 Å². The Morgan fingerprint density at radius 1 is 0.247 bits per heavy atom. The summed E-state index contributed by atoms with van der Waals surface area (Å²) in [6.07, 6.45) is 0. The molecule has 0 amide bonds. The van der Waals surface area contributed by atoms with Gasteiger partial charge in [0.05, 0.1) is 0 Å². The molecule has 0 radical (unpaired) electrons. The topological polar surface area (TPSA) is 16.4 Å². The average Bonchev–Trinajstić information content (AvgIpc) is 4.05. The molecule has 2 aromatic heterocycles. The summed E-state index contributed by atoms with van der Waals surface area (Å²) in [5.41, 5.74) is 19.2. The zero-order chi connectivity index (χ0) is 48.2. The number of nitrogens with zero attached hydrogens (tertiary/aromatic N) is 1. The van der Waals surface area contributed by atoms with Crippen molar-refractivity contribution < 1.29 is 4.42 Å². The van der Waals surface area contributed by atoms with Crippen LogP contribution < -0.4 is 4.90 Å². The van der Waals surface area contributed by atoms with E-state index in [-0.39, 0.29) is 0 Å². The van der Waals surface area contributed by atoms with Gasteiger partial charge in [-0.15, -0.1) is 11.3 Å². The molecule has 0 spiro atoms. The number of fused-ring (bicyclic) bond motifs is 8. The Morgan fingerprint density at radius 3 is 1.23 bits per heavy atom. The lowest BCUT2D eigenvalue weighted by molar-refractivity contribution is 0.669. The van der Waals surface area contributed by atoms with E-state index in [1.54, 1.807) is 0 Å². The van der Waals surface area contributed by atoms with E-state index in [0.717, 1.165) is 61.3 Å². The summed E-state index contributed by atoms with van der Waals surface area (Å²) in [5, 5.41) is 7.55. The van der Waals surface area contributed by atoms with Gasteiger partial charge in [-0.05, 0) is 162 Å². The molecule has 0 aliphatic rings. The predicted molar refractivity (Wildman–Crippen MR) is 311 cm³/mol. The fraction of sp³-hybridized carbons (Fsp3) is 0. The quantitative estimate of drug-likeness (QED) is 0.143. The predicted octanol–water partition coefficient (Wildman–Crippen LogP) is 20.6. The van der Waals surface area contributed by atoms with Gasteiger partial charge >= 0.3 is 0 Å². The van der Waals surface area contributed by atoms with Crippen molar-refractivity contribution in [3.05, 3.63) is 273 Å². The Morgan fingerprint density at radius 2 is 0.658 bits per heavy atom. The summed E-state index contributed by atoms with van der Waals surface area (Å²) < 4.78 is 8.90. The number of furan rings is 1. The highest BCUT2D eigenvalue weighted by Crippen LogP contribution is 2.42. The summed E-state index contributed by atoms with van der Waals surface area (Å²) in [5.74, 6) is 0. The van der Waals surface area contributed by atoms with E-state index in [9.17, 15) is 0 Å². The Labute approximate surface area is 427 Å². The SMILES string of the molecule is c1ccc(-c2cccc(-c3ccc(N(c4ccc(-c5cccc(-c6ccc7c(c6)oc6ccccc67)c5)cc4)c4ccc(-c5cccc(-c6ccc7c(c6)sc6ccc8ccccc8c67)c5)cc4)cc3)c2)cc1. The maximum atomic E-state index is 6.26. The van der Waals surface area contributed by atoms with Crippen molar-refractivity contribution in [1.82, 2.24) is 0 Å². The molecule has 0 N–H and O–H groups in total. The van der Waals surface area contributed by atoms with Crippen molar-refractivity contribution in [1.29, 1.82) is 0 Å². The lowest BCUT2D eigenvalue weighted by Gasteiger charge is -2.26. The van der Waals surface area contributed by atoms with Crippen LogP contribution in [0.4, 0.5) is 17.1 Å². The van der Waals surface area contributed by atoms with Gasteiger partial charge in [-0.2, -0.15) is 0 Å². The summed E-state index contributed by atoms with van der Waals surface area (Å²) in [4.78, 5) is 2.36. The normalized spacial score (nSPS) is 11.6. The zero-order valence-electron chi connectivity index (χ0n) is 39.7. The van der Waals surface area contributed by atoms with Crippen LogP contribution in [0.5, 0.6) is 0 Å². The van der Waals surface area contributed by atoms with Crippen LogP contribution in [0, 0.1) is 0 Å². The number of anilines is 3. The molecule has 0 saturated heterocycles. The maximum absolute atomic E-state index is 6.26. The molecule has 342 valence electrons. The Hall–Kier alpha value is -9.28. The number of hydrogen-bond acceptors (Lipinski definition) is 3. The third-order valence-electron chi connectivity index (χ3n) is 14.5. The van der Waals surface area contributed by atoms with E-state index in [0.29, 0.717) is 0 Å². The molecule has 0 atom stereocenters. The largest absolute Gasteiger partial charge is 0.456 e. The van der Waals surface area contributed by atoms with Crippen molar-refractivity contribution in [3.63, 3.8) is 0 Å². The molecule has 3 heteroatoms. The first-order valence-electron chi connectivity index (χ1n) is 24.9. The molecule has 12 aromatic carbocycles. The maximum Gasteiger partial charge on any atom is 0.136 e. The molecule has 0 saturated carbocycles. The molecule has 14 rings (SSSR count). The van der Waals surface area contributed by atoms with Gasteiger partial charge in [0.2, 0.25) is 0 Å². The first-order valence-corrected chi connectivity index (χ1v) is 25.7. The molecule has 2 heterocycles. The third-order valence-corrected chi connectivity index (χ3v) is 15.6. The van der Waals surface area contributed by atoms with Gasteiger partial charge in [-0.1, -0.05) is 188 Å². The van der Waals surface area contributed by atoms with Gasteiger partial charge < -0.3 is 9.32 Å². The van der Waals surface area contributed by atoms with E-state index in [1.165, 1.54) is 75.5 Å². The highest BCUT2D eigenvalue weighted by molar-refractivity contribution is 7.26. The molecule has 2 nitrogen and oxygen atoms in total. The summed E-state index contributed by atoms with van der Waals surface area (Å²) in [7, 11) is 0. The number of hydrogen-bond donors (Lipinski definition) is 0. The van der Waals surface area contributed by atoms with E-state index in [2.05, 4.69) is 266 Å². The molecule has 0 fully saturated rings. The monoisotopic (exact) mass is 947 g/mol. The van der Waals surface area contributed by atoms with Crippen LogP contribution in [-0.2, 0) is 0 Å². The van der Waals surface area contributed by atoms with Crippen molar-refractivity contribution in [2.45, 2.75) is 0 Å². The van der Waals surface area contributed by atoms with Gasteiger partial charge in [-0.3, -0.25) is 0 Å². The fourth-order valence-electron chi connectivity index (χ4n) is 10.8. The van der Waals surface area contributed by atoms with Gasteiger partial charge in [0, 0.05) is 48.0 Å². The molecule has 0 aliphatic heterocycles. The second kappa shape index (κ2) is 17.8. The standard InChI is InChI=1S/C70H45NOS/c1-2-11-46(12-3-1)51-14-8-15-52(41-51)47-23-32-59(33-24-47)71(60-34-25-48(26-35-60)53-16-9-18-55(42-53)57-29-38-64-63-21-6-7-22-66(63)72-67(64)44-57)61-36-27-49(28-37-61)54-17-10-19-56(43-54)58-30-39-65-69(45-58)73-68-40-31-50-13-4-5-20-62(50)70(65)68/h1-45H. The Bertz CT molecular complexity index is 4360. The summed E-state index contributed by atoms with van der Waals surface area (Å²) in [6, 6.07) is 99.1. The second-order valence-corrected chi connectivity index (χ2v) is 20.0. The van der Waals surface area contributed by atoms with Crippen molar-refractivity contribution in [2.75, 3.05) is 4.90 Å². The molecule has 73 heavy (non-hydrogen) atoms. The lowest BCUT2D eigenvalue weighted by atomic mass is 9.97. The molecule has 0 aliphatic carbocycles. The van der Waals surface area contributed by atoms with Crippen molar-refractivity contribution in [2.24, 2.45) is 0 Å². The number of rotatable bonds is 9. The van der Waals surface area contributed by atoms with Crippen LogP contribution in [0.3, 0.4) is 0 Å². The van der Waals surface area contributed by atoms with Crippen molar-refractivity contribution >= 4 is 81.3 Å². The summed E-state index contributed by atoms with van der Waals surface area (Å²) in [6.45, 7) is 0. The van der Waals surface area contributed by atoms with Crippen LogP contribution >= 0.6 is 11.3 Å². The van der Waals surface area contributed by atoms with Crippen LogP contribution in [0.1, 0.15) is 0 Å². The molecule has 0 unspecified atom stereocenters. The lowest BCUT2D eigenvalue weighted by Crippen LogP contribution is -2.09. The number of thiophene rings is 1. The molecule has 0 bridgehead atoms. The van der Waals surface area contributed by atoms with Crippen LogP contribution in [0.2, 0.25) is 0 Å². The van der Waals surface area contributed by atoms with E-state index in [1.807, 2.05) is 23.5 Å². The van der Waals surface area contributed by atoms with Crippen LogP contribution in [0.15, 0.2) is 277 Å². The minimum Gasteiger partial charge on any atom is -0.456 e. The third kappa shape index (κ3) is 7.84. The smallest absolute Gasteiger partial charge is 0.136 e. The Balaban J connectivity index is 0.790. The highest BCUT2D eigenvalue weighted by Gasteiger charge is 2.16. The number of para-hydroxylation sites is 1. The van der Waals surface area contributed by atoms with Crippen molar-refractivity contribution in [3.8, 4) is 66.8 Å². The first-order chi connectivity index (χ1) is 36.1. The number of benzene rings is 12. The van der Waals surface area contributed by atoms with Crippen LogP contribution in [0.25, 0.3) is 120 Å². The average molecular weight is 948 g/mol. The second-order valence-electron chi connectivity index (χ2n) is 18.9. The van der Waals surface area contributed by atoms with E-state index >= 15 is 0 Å². The minimum atomic E-state index is 0.902. The minimum absolute atomic E-state index is 0.902. The van der Waals surface area contributed by atoms with E-state index < -0.39 is 0 Å². The fourth-order valence-corrected chi connectivity index (χ4v) is 11.9. The zero-order valence-corrected chi connectivity index (χ0v) is 40.6. The van der Waals surface area contributed by atoms with Gasteiger partial charge in [0.1, 0.15) is 11.2 Å². The van der Waals surface area contributed by atoms with Gasteiger partial charge in [-0.25, -0.2) is 0 Å². The first kappa shape index (κ1) is 42.6. The van der Waals surface area contributed by atoms with Gasteiger partial charge in [0.25, 0.3) is 0 Å². The Kier molecular flexibility index (Phi) is 10.4. The molecule has 14 aromatic rings.